The summed E-state index contributed by atoms with van der Waals surface area (Å²) in [7, 11) is 0. The summed E-state index contributed by atoms with van der Waals surface area (Å²) in [6, 6.07) is 22.6. The first kappa shape index (κ1) is 34.4. The van der Waals surface area contributed by atoms with Crippen molar-refractivity contribution in [3.05, 3.63) is 99.8 Å². The third-order valence-electron chi connectivity index (χ3n) is 4.31. The topological polar surface area (TPSA) is 73.3 Å². The van der Waals surface area contributed by atoms with Crippen molar-refractivity contribution in [3.63, 3.8) is 0 Å². The van der Waals surface area contributed by atoms with E-state index in [0.29, 0.717) is 18.0 Å². The number of H-pyrrole nitrogens is 1. The molecule has 1 aromatic heterocycles. The Hall–Kier alpha value is -3.80. The van der Waals surface area contributed by atoms with E-state index in [0.717, 1.165) is 16.5 Å². The van der Waals surface area contributed by atoms with E-state index in [2.05, 4.69) is 4.98 Å². The van der Waals surface area contributed by atoms with Gasteiger partial charge in [-0.3, -0.25) is 14.3 Å². The largest absolute Gasteiger partial charge is 0.488 e. The highest BCUT2D eigenvalue weighted by Gasteiger charge is 2.08. The lowest BCUT2D eigenvalue weighted by molar-refractivity contribution is 0.283. The van der Waals surface area contributed by atoms with Gasteiger partial charge in [0, 0.05) is 17.6 Å². The van der Waals surface area contributed by atoms with Crippen LogP contribution in [0.5, 0.6) is 17.2 Å². The van der Waals surface area contributed by atoms with Gasteiger partial charge >= 0.3 is 5.69 Å². The summed E-state index contributed by atoms with van der Waals surface area (Å²) >= 11 is 0. The number of aromatic nitrogens is 2. The molecule has 4 aromatic rings. The quantitative estimate of drug-likeness (QED) is 0.294. The van der Waals surface area contributed by atoms with Crippen molar-refractivity contribution in [1.82, 2.24) is 9.55 Å². The van der Waals surface area contributed by atoms with Crippen LogP contribution >= 0.6 is 0 Å². The molecule has 0 amide bonds. The van der Waals surface area contributed by atoms with Crippen molar-refractivity contribution in [2.75, 3.05) is 6.61 Å². The van der Waals surface area contributed by atoms with Gasteiger partial charge in [0.1, 0.15) is 12.4 Å². The number of rotatable bonds is 6. The molecule has 0 unspecified atom stereocenters. The molecule has 198 valence electrons. The summed E-state index contributed by atoms with van der Waals surface area (Å²) < 4.78 is 13.3. The van der Waals surface area contributed by atoms with E-state index in [1.165, 1.54) is 16.8 Å². The predicted molar refractivity (Wildman–Crippen MR) is 155 cm³/mol. The van der Waals surface area contributed by atoms with Gasteiger partial charge in [0.2, 0.25) is 0 Å². The van der Waals surface area contributed by atoms with E-state index < -0.39 is 11.2 Å². The molecular formula is C30H44N2O4. The average molecular weight is 497 g/mol. The van der Waals surface area contributed by atoms with Crippen LogP contribution in [-0.2, 0) is 6.54 Å². The average Bonchev–Trinajstić information content (AvgIpc) is 2.90. The molecule has 0 radical (unpaired) electrons. The van der Waals surface area contributed by atoms with Gasteiger partial charge in [0.05, 0.1) is 6.54 Å². The van der Waals surface area contributed by atoms with Crippen LogP contribution in [0.3, 0.4) is 0 Å². The molecule has 1 heterocycles. The van der Waals surface area contributed by atoms with E-state index in [4.69, 9.17) is 9.47 Å². The van der Waals surface area contributed by atoms with Gasteiger partial charge < -0.3 is 9.47 Å². The Bertz CT molecular complexity index is 1220. The molecule has 4 rings (SSSR count). The first-order chi connectivity index (χ1) is 16.7. The smallest absolute Gasteiger partial charge is 0.328 e. The van der Waals surface area contributed by atoms with E-state index >= 15 is 0 Å². The molecule has 0 fully saturated rings. The van der Waals surface area contributed by atoms with Gasteiger partial charge in [-0.25, -0.2) is 4.79 Å². The molecule has 1 N–H and O–H groups in total. The van der Waals surface area contributed by atoms with Crippen LogP contribution < -0.4 is 20.7 Å². The molecule has 0 spiro atoms. The minimum Gasteiger partial charge on any atom is -0.488 e. The second kappa shape index (κ2) is 19.5. The fourth-order valence-electron chi connectivity index (χ4n) is 2.93. The monoisotopic (exact) mass is 496 g/mol. The SMILES string of the molecule is C.C.CC.CC.CC.O=c1ccn(CCOc2ccccc2Oc2cccc3ccccc23)c(=O)[nH]1. The number of para-hydroxylation sites is 2. The van der Waals surface area contributed by atoms with E-state index in [9.17, 15) is 9.59 Å². The minimum absolute atomic E-state index is 0. The molecule has 6 heteroatoms. The third kappa shape index (κ3) is 9.82. The van der Waals surface area contributed by atoms with Gasteiger partial charge in [0.15, 0.2) is 11.5 Å². The number of nitrogens with one attached hydrogen (secondary N) is 1. The summed E-state index contributed by atoms with van der Waals surface area (Å²) in [5.74, 6) is 1.91. The normalized spacial score (nSPS) is 8.83. The van der Waals surface area contributed by atoms with E-state index in [1.807, 2.05) is 108 Å². The fraction of sp³-hybridized carbons (Fsp3) is 0.333. The Kier molecular flexibility index (Phi) is 18.6. The Balaban J connectivity index is 0. The summed E-state index contributed by atoms with van der Waals surface area (Å²) in [6.07, 6.45) is 1.45. The van der Waals surface area contributed by atoms with Crippen molar-refractivity contribution in [2.24, 2.45) is 0 Å². The number of benzene rings is 3. The maximum absolute atomic E-state index is 11.7. The summed E-state index contributed by atoms with van der Waals surface area (Å²) in [5, 5.41) is 2.11. The third-order valence-corrected chi connectivity index (χ3v) is 4.31. The summed E-state index contributed by atoms with van der Waals surface area (Å²) in [6.45, 7) is 12.6. The highest BCUT2D eigenvalue weighted by Crippen LogP contribution is 2.34. The molecule has 0 aliphatic heterocycles. The maximum Gasteiger partial charge on any atom is 0.328 e. The Morgan fingerprint density at radius 1 is 0.694 bits per heavy atom. The molecular weight excluding hydrogens is 452 g/mol. The zero-order valence-corrected chi connectivity index (χ0v) is 21.0. The lowest BCUT2D eigenvalue weighted by atomic mass is 10.1. The molecule has 0 saturated carbocycles. The van der Waals surface area contributed by atoms with Crippen LogP contribution in [0.2, 0.25) is 0 Å². The second-order valence-electron chi connectivity index (χ2n) is 6.18. The minimum atomic E-state index is -0.462. The van der Waals surface area contributed by atoms with Crippen LogP contribution in [0.25, 0.3) is 10.8 Å². The molecule has 0 bridgehead atoms. The van der Waals surface area contributed by atoms with Crippen molar-refractivity contribution in [2.45, 2.75) is 62.9 Å². The standard InChI is InChI=1S/C22H18N2O4.3C2H6.2CH4/c25-21-12-13-24(22(26)23-21)14-15-27-19-9-3-4-10-20(19)28-18-11-5-7-16-6-1-2-8-17(16)18;3*1-2;;/h1-13H,14-15H2,(H,23,25,26);3*1-2H3;2*1H4. The van der Waals surface area contributed by atoms with Gasteiger partial charge in [-0.05, 0) is 23.6 Å². The van der Waals surface area contributed by atoms with Crippen LogP contribution in [0.4, 0.5) is 0 Å². The number of hydrogen-bond acceptors (Lipinski definition) is 4. The van der Waals surface area contributed by atoms with Crippen molar-refractivity contribution in [1.29, 1.82) is 0 Å². The zero-order chi connectivity index (χ0) is 25.3. The maximum atomic E-state index is 11.7. The van der Waals surface area contributed by atoms with Gasteiger partial charge in [0.25, 0.3) is 5.56 Å². The number of hydrogen-bond donors (Lipinski definition) is 1. The van der Waals surface area contributed by atoms with Gasteiger partial charge in [-0.15, -0.1) is 0 Å². The zero-order valence-electron chi connectivity index (χ0n) is 21.0. The molecule has 36 heavy (non-hydrogen) atoms. The second-order valence-corrected chi connectivity index (χ2v) is 6.18. The summed E-state index contributed by atoms with van der Waals surface area (Å²) in [5.41, 5.74) is -0.882. The molecule has 0 aliphatic rings. The molecule has 0 atom stereocenters. The van der Waals surface area contributed by atoms with E-state index in [-0.39, 0.29) is 21.5 Å². The predicted octanol–water partition coefficient (Wildman–Crippen LogP) is 7.91. The van der Waals surface area contributed by atoms with E-state index in [1.54, 1.807) is 0 Å². The number of aromatic amines is 1. The molecule has 6 nitrogen and oxygen atoms in total. The van der Waals surface area contributed by atoms with Gasteiger partial charge in [-0.2, -0.15) is 0 Å². The Labute approximate surface area is 216 Å². The van der Waals surface area contributed by atoms with Crippen LogP contribution in [-0.4, -0.2) is 16.2 Å². The van der Waals surface area contributed by atoms with Crippen LogP contribution in [0, 0.1) is 0 Å². The highest BCUT2D eigenvalue weighted by atomic mass is 16.5. The number of ether oxygens (including phenoxy) is 2. The number of nitrogens with zero attached hydrogens (tertiary/aromatic N) is 1. The van der Waals surface area contributed by atoms with Crippen molar-refractivity contribution >= 4 is 10.8 Å². The highest BCUT2D eigenvalue weighted by molar-refractivity contribution is 5.88. The van der Waals surface area contributed by atoms with Crippen molar-refractivity contribution in [3.8, 4) is 17.2 Å². The lowest BCUT2D eigenvalue weighted by Crippen LogP contribution is -2.30. The van der Waals surface area contributed by atoms with Crippen LogP contribution in [0.15, 0.2) is 88.6 Å². The lowest BCUT2D eigenvalue weighted by Gasteiger charge is -2.14. The molecule has 3 aromatic carbocycles. The first-order valence-electron chi connectivity index (χ1n) is 11.9. The Morgan fingerprint density at radius 2 is 1.25 bits per heavy atom. The summed E-state index contributed by atoms with van der Waals surface area (Å²) in [4.78, 5) is 25.1. The van der Waals surface area contributed by atoms with Crippen molar-refractivity contribution < 1.29 is 9.47 Å². The Morgan fingerprint density at radius 3 is 1.92 bits per heavy atom. The first-order valence-corrected chi connectivity index (χ1v) is 11.9. The fourth-order valence-corrected chi connectivity index (χ4v) is 2.93. The molecule has 0 aliphatic carbocycles. The molecule has 0 saturated heterocycles. The van der Waals surface area contributed by atoms with Gasteiger partial charge in [-0.1, -0.05) is 105 Å². The number of fused-ring (bicyclic) bond motifs is 1. The van der Waals surface area contributed by atoms with Crippen LogP contribution in [0.1, 0.15) is 56.4 Å².